The van der Waals surface area contributed by atoms with Gasteiger partial charge in [0.2, 0.25) is 10.0 Å². The molecule has 172 valence electrons. The summed E-state index contributed by atoms with van der Waals surface area (Å²) in [7, 11) is -2.17. The standard InChI is InChI=1S/C23H16ClN3O6S/c1-27-15-8-13(21(29)26-34(2,32)33)17(28)9-12(15)18-16(27)7-11(10-5-3-4-6-14(10)24)19-20(18)23(31)25-22(19)30/h3-9,28H,1-2H3,(H,26,29)(H,25,30,31). The molecule has 1 aliphatic rings. The molecule has 1 aromatic heterocycles. The summed E-state index contributed by atoms with van der Waals surface area (Å²) in [5.41, 5.74) is 2.06. The van der Waals surface area contributed by atoms with Gasteiger partial charge < -0.3 is 9.67 Å². The Hall–Kier alpha value is -3.89. The second kappa shape index (κ2) is 7.31. The van der Waals surface area contributed by atoms with Crippen molar-refractivity contribution in [2.45, 2.75) is 0 Å². The number of benzene rings is 3. The zero-order valence-electron chi connectivity index (χ0n) is 17.8. The third-order valence-corrected chi connectivity index (χ3v) is 6.67. The van der Waals surface area contributed by atoms with Gasteiger partial charge in [-0.3, -0.25) is 19.7 Å². The molecule has 3 aromatic carbocycles. The van der Waals surface area contributed by atoms with Gasteiger partial charge in [0, 0.05) is 33.9 Å². The number of sulfonamides is 1. The molecule has 0 radical (unpaired) electrons. The van der Waals surface area contributed by atoms with Gasteiger partial charge in [-0.15, -0.1) is 0 Å². The number of carbonyl (C=O) groups is 3. The van der Waals surface area contributed by atoms with Gasteiger partial charge >= 0.3 is 0 Å². The Morgan fingerprint density at radius 2 is 1.71 bits per heavy atom. The zero-order valence-corrected chi connectivity index (χ0v) is 19.3. The molecule has 3 amide bonds. The van der Waals surface area contributed by atoms with Crippen LogP contribution in [-0.2, 0) is 17.1 Å². The molecule has 0 saturated heterocycles. The summed E-state index contributed by atoms with van der Waals surface area (Å²) in [6, 6.07) is 11.3. The first-order valence-corrected chi connectivity index (χ1v) is 12.2. The first kappa shape index (κ1) is 21.9. The lowest BCUT2D eigenvalue weighted by Crippen LogP contribution is -2.29. The second-order valence-corrected chi connectivity index (χ2v) is 10.1. The number of phenolic OH excluding ortho intramolecular Hbond substituents is 1. The molecule has 5 rings (SSSR count). The highest BCUT2D eigenvalue weighted by Gasteiger charge is 2.35. The number of aryl methyl sites for hydroxylation is 1. The average molecular weight is 498 g/mol. The number of hydrogen-bond donors (Lipinski definition) is 3. The second-order valence-electron chi connectivity index (χ2n) is 7.98. The fourth-order valence-electron chi connectivity index (χ4n) is 4.38. The predicted octanol–water partition coefficient (Wildman–Crippen LogP) is 2.93. The lowest BCUT2D eigenvalue weighted by molar-refractivity contribution is 0.0878. The fourth-order valence-corrected chi connectivity index (χ4v) is 5.06. The van der Waals surface area contributed by atoms with E-state index >= 15 is 0 Å². The van der Waals surface area contributed by atoms with Crippen molar-refractivity contribution in [3.05, 3.63) is 64.2 Å². The lowest BCUT2D eigenvalue weighted by Gasteiger charge is -2.10. The number of aromatic hydroxyl groups is 1. The molecule has 0 unspecified atom stereocenters. The molecule has 0 atom stereocenters. The van der Waals surface area contributed by atoms with Crippen LogP contribution < -0.4 is 10.0 Å². The summed E-state index contributed by atoms with van der Waals surface area (Å²) in [6.07, 6.45) is 0.826. The number of carbonyl (C=O) groups excluding carboxylic acids is 3. The highest BCUT2D eigenvalue weighted by molar-refractivity contribution is 7.89. The molecule has 34 heavy (non-hydrogen) atoms. The smallest absolute Gasteiger partial charge is 0.268 e. The van der Waals surface area contributed by atoms with E-state index in [1.165, 1.54) is 12.1 Å². The number of nitrogens with one attached hydrogen (secondary N) is 2. The summed E-state index contributed by atoms with van der Waals surface area (Å²) >= 11 is 6.39. The molecule has 1 aliphatic heterocycles. The molecule has 0 saturated carbocycles. The van der Waals surface area contributed by atoms with Crippen molar-refractivity contribution in [1.82, 2.24) is 14.6 Å². The molecule has 0 aliphatic carbocycles. The van der Waals surface area contributed by atoms with Crippen molar-refractivity contribution >= 4 is 61.2 Å². The topological polar surface area (TPSA) is 135 Å². The van der Waals surface area contributed by atoms with Crippen molar-refractivity contribution in [2.75, 3.05) is 6.26 Å². The number of imide groups is 1. The van der Waals surface area contributed by atoms with Crippen LogP contribution in [0.5, 0.6) is 5.75 Å². The van der Waals surface area contributed by atoms with E-state index < -0.39 is 33.5 Å². The molecule has 11 heteroatoms. The van der Waals surface area contributed by atoms with Crippen LogP contribution in [0.1, 0.15) is 31.1 Å². The number of nitrogens with zero attached hydrogens (tertiary/aromatic N) is 1. The maximum Gasteiger partial charge on any atom is 0.268 e. The summed E-state index contributed by atoms with van der Waals surface area (Å²) in [5, 5.41) is 14.1. The van der Waals surface area contributed by atoms with E-state index in [2.05, 4.69) is 5.32 Å². The molecule has 3 N–H and O–H groups in total. The zero-order chi connectivity index (χ0) is 24.5. The predicted molar refractivity (Wildman–Crippen MR) is 127 cm³/mol. The van der Waals surface area contributed by atoms with Crippen LogP contribution in [-0.4, -0.2) is 42.1 Å². The van der Waals surface area contributed by atoms with E-state index in [4.69, 9.17) is 11.6 Å². The van der Waals surface area contributed by atoms with Gasteiger partial charge in [-0.25, -0.2) is 13.1 Å². The Labute approximate surface area is 198 Å². The summed E-state index contributed by atoms with van der Waals surface area (Å²) < 4.78 is 26.5. The van der Waals surface area contributed by atoms with Gasteiger partial charge in [0.1, 0.15) is 5.75 Å². The first-order chi connectivity index (χ1) is 16.0. The molecule has 4 aromatic rings. The molecule has 0 bridgehead atoms. The van der Waals surface area contributed by atoms with Gasteiger partial charge in [-0.05, 0) is 29.8 Å². The molecular weight excluding hydrogens is 482 g/mol. The number of fused-ring (bicyclic) bond motifs is 5. The number of halogens is 1. The Kier molecular flexibility index (Phi) is 4.71. The highest BCUT2D eigenvalue weighted by atomic mass is 35.5. The molecular formula is C23H16ClN3O6S. The van der Waals surface area contributed by atoms with Gasteiger partial charge in [0.25, 0.3) is 17.7 Å². The van der Waals surface area contributed by atoms with E-state index in [0.717, 1.165) is 6.26 Å². The maximum absolute atomic E-state index is 12.9. The van der Waals surface area contributed by atoms with Crippen molar-refractivity contribution in [3.8, 4) is 16.9 Å². The van der Waals surface area contributed by atoms with Crippen LogP contribution in [0.2, 0.25) is 5.02 Å². The number of aromatic nitrogens is 1. The van der Waals surface area contributed by atoms with E-state index in [0.29, 0.717) is 38.0 Å². The summed E-state index contributed by atoms with van der Waals surface area (Å²) in [5.74, 6) is -2.64. The molecule has 0 fully saturated rings. The van der Waals surface area contributed by atoms with Gasteiger partial charge in [-0.2, -0.15) is 0 Å². The van der Waals surface area contributed by atoms with Crippen LogP contribution in [0, 0.1) is 0 Å². The van der Waals surface area contributed by atoms with Crippen LogP contribution in [0.15, 0.2) is 42.5 Å². The van der Waals surface area contributed by atoms with Gasteiger partial charge in [-0.1, -0.05) is 29.8 Å². The highest BCUT2D eigenvalue weighted by Crippen LogP contribution is 2.42. The van der Waals surface area contributed by atoms with Crippen molar-refractivity contribution in [3.63, 3.8) is 0 Å². The van der Waals surface area contributed by atoms with E-state index in [1.54, 1.807) is 41.9 Å². The number of amides is 3. The summed E-state index contributed by atoms with van der Waals surface area (Å²) in [4.78, 5) is 38.1. The molecule has 2 heterocycles. The maximum atomic E-state index is 12.9. The quantitative estimate of drug-likeness (QED) is 0.372. The van der Waals surface area contributed by atoms with Crippen molar-refractivity contribution in [1.29, 1.82) is 0 Å². The SMILES string of the molecule is Cn1c2cc(C(=O)NS(C)(=O)=O)c(O)cc2c2c3c(c(-c4ccccc4Cl)cc21)C(=O)NC3=O. The van der Waals surface area contributed by atoms with E-state index in [9.17, 15) is 27.9 Å². The Balaban J connectivity index is 1.89. The first-order valence-electron chi connectivity index (χ1n) is 9.92. The minimum Gasteiger partial charge on any atom is -0.507 e. The average Bonchev–Trinajstić information content (AvgIpc) is 3.19. The Bertz CT molecular complexity index is 1720. The van der Waals surface area contributed by atoms with Crippen molar-refractivity contribution < 1.29 is 27.9 Å². The van der Waals surface area contributed by atoms with Crippen LogP contribution in [0.3, 0.4) is 0 Å². The molecule has 0 spiro atoms. The lowest BCUT2D eigenvalue weighted by atomic mass is 9.92. The third kappa shape index (κ3) is 3.22. The molecule has 9 nitrogen and oxygen atoms in total. The summed E-state index contributed by atoms with van der Waals surface area (Å²) in [6.45, 7) is 0. The minimum absolute atomic E-state index is 0.135. The van der Waals surface area contributed by atoms with Crippen molar-refractivity contribution in [2.24, 2.45) is 7.05 Å². The third-order valence-electron chi connectivity index (χ3n) is 5.78. The largest absolute Gasteiger partial charge is 0.507 e. The van der Waals surface area contributed by atoms with Crippen LogP contribution in [0.25, 0.3) is 32.9 Å². The Morgan fingerprint density at radius 1 is 1.03 bits per heavy atom. The monoisotopic (exact) mass is 497 g/mol. The van der Waals surface area contributed by atoms with Crippen LogP contribution in [0.4, 0.5) is 0 Å². The van der Waals surface area contributed by atoms with Crippen LogP contribution >= 0.6 is 11.6 Å². The Morgan fingerprint density at radius 3 is 2.38 bits per heavy atom. The van der Waals surface area contributed by atoms with E-state index in [1.807, 2.05) is 4.72 Å². The fraction of sp³-hybridized carbons (Fsp3) is 0.0870. The normalized spacial score (nSPS) is 13.4. The number of phenols is 1. The van der Waals surface area contributed by atoms with Gasteiger partial charge in [0.05, 0.1) is 28.5 Å². The minimum atomic E-state index is -3.86. The van der Waals surface area contributed by atoms with Gasteiger partial charge in [0.15, 0.2) is 0 Å². The van der Waals surface area contributed by atoms with E-state index in [-0.39, 0.29) is 16.7 Å². The number of rotatable bonds is 3. The number of hydrogen-bond acceptors (Lipinski definition) is 6.